The molecule has 1 aliphatic heterocycles. The molecule has 0 amide bonds. The van der Waals surface area contributed by atoms with Crippen molar-refractivity contribution in [3.63, 3.8) is 0 Å². The summed E-state index contributed by atoms with van der Waals surface area (Å²) in [5, 5.41) is 22.6. The van der Waals surface area contributed by atoms with Gasteiger partial charge in [0, 0.05) is 18.7 Å². The topological polar surface area (TPSA) is 91.9 Å². The molecule has 0 spiro atoms. The van der Waals surface area contributed by atoms with Crippen molar-refractivity contribution >= 4 is 5.95 Å². The first kappa shape index (κ1) is 11.8. The highest BCUT2D eigenvalue weighted by Crippen LogP contribution is 2.30. The van der Waals surface area contributed by atoms with Gasteiger partial charge in [0.1, 0.15) is 0 Å². The van der Waals surface area contributed by atoms with Crippen molar-refractivity contribution in [3.8, 4) is 23.0 Å². The van der Waals surface area contributed by atoms with E-state index in [9.17, 15) is 10.2 Å². The van der Waals surface area contributed by atoms with Crippen LogP contribution in [0.1, 0.15) is 0 Å². The minimum atomic E-state index is -0.219. The Bertz CT molecular complexity index is 578. The maximum absolute atomic E-state index is 9.45. The molecule has 1 aromatic heterocycles. The normalized spacial score (nSPS) is 15.7. The summed E-state index contributed by atoms with van der Waals surface area (Å²) in [5.74, 6) is 0.406. The Balaban J connectivity index is 1.85. The lowest BCUT2D eigenvalue weighted by atomic mass is 10.2. The minimum absolute atomic E-state index is 0.184. The Kier molecular flexibility index (Phi) is 2.96. The van der Waals surface area contributed by atoms with Crippen molar-refractivity contribution in [1.82, 2.24) is 10.1 Å². The number of nitrogens with zero attached hydrogens (tertiary/aromatic N) is 3. The van der Waals surface area contributed by atoms with Crippen molar-refractivity contribution in [3.05, 3.63) is 18.2 Å². The van der Waals surface area contributed by atoms with Crippen LogP contribution in [0, 0.1) is 0 Å². The van der Waals surface area contributed by atoms with Crippen LogP contribution in [0.15, 0.2) is 22.7 Å². The number of rotatable bonds is 2. The lowest BCUT2D eigenvalue weighted by Gasteiger charge is -2.24. The van der Waals surface area contributed by atoms with Crippen LogP contribution in [0.3, 0.4) is 0 Å². The van der Waals surface area contributed by atoms with E-state index in [1.165, 1.54) is 12.1 Å². The van der Waals surface area contributed by atoms with Crippen LogP contribution in [0.25, 0.3) is 11.5 Å². The van der Waals surface area contributed by atoms with Crippen LogP contribution in [-0.4, -0.2) is 46.7 Å². The maximum atomic E-state index is 9.45. The van der Waals surface area contributed by atoms with Crippen molar-refractivity contribution in [2.75, 3.05) is 31.2 Å². The summed E-state index contributed by atoms with van der Waals surface area (Å²) in [6.45, 7) is 2.73. The maximum Gasteiger partial charge on any atom is 0.266 e. The average Bonchev–Trinajstić information content (AvgIpc) is 2.93. The van der Waals surface area contributed by atoms with Gasteiger partial charge in [-0.3, -0.25) is 0 Å². The second-order valence-electron chi connectivity index (χ2n) is 4.20. The number of phenols is 2. The predicted octanol–water partition coefficient (Wildman–Crippen LogP) is 0.984. The lowest BCUT2D eigenvalue weighted by molar-refractivity contribution is 0.121. The molecular formula is C12H13N3O4. The van der Waals surface area contributed by atoms with Gasteiger partial charge >= 0.3 is 0 Å². The van der Waals surface area contributed by atoms with E-state index < -0.39 is 0 Å². The third kappa shape index (κ3) is 2.32. The molecular weight excluding hydrogens is 250 g/mol. The van der Waals surface area contributed by atoms with Gasteiger partial charge in [0.2, 0.25) is 0 Å². The molecule has 0 radical (unpaired) electrons. The van der Waals surface area contributed by atoms with Crippen molar-refractivity contribution < 1.29 is 19.5 Å². The summed E-state index contributed by atoms with van der Waals surface area (Å²) in [4.78, 5) is 6.24. The number of aromatic hydroxyl groups is 2. The van der Waals surface area contributed by atoms with E-state index in [0.717, 1.165) is 13.1 Å². The molecule has 0 aliphatic carbocycles. The predicted molar refractivity (Wildman–Crippen MR) is 66.1 cm³/mol. The fraction of sp³-hybridized carbons (Fsp3) is 0.333. The molecule has 1 aliphatic rings. The molecule has 1 fully saturated rings. The lowest BCUT2D eigenvalue weighted by Crippen LogP contribution is -2.36. The van der Waals surface area contributed by atoms with Gasteiger partial charge in [-0.05, 0) is 23.4 Å². The summed E-state index contributed by atoms with van der Waals surface area (Å²) < 4.78 is 10.4. The highest BCUT2D eigenvalue weighted by atomic mass is 16.5. The molecule has 2 N–H and O–H groups in total. The van der Waals surface area contributed by atoms with Crippen LogP contribution in [0.4, 0.5) is 5.95 Å². The van der Waals surface area contributed by atoms with Gasteiger partial charge in [-0.2, -0.15) is 4.98 Å². The van der Waals surface area contributed by atoms with Gasteiger partial charge in [-0.25, -0.2) is 0 Å². The minimum Gasteiger partial charge on any atom is -0.504 e. The van der Waals surface area contributed by atoms with Crippen LogP contribution < -0.4 is 4.90 Å². The Hall–Kier alpha value is -2.28. The highest BCUT2D eigenvalue weighted by Gasteiger charge is 2.18. The second kappa shape index (κ2) is 4.77. The Morgan fingerprint density at radius 3 is 2.63 bits per heavy atom. The van der Waals surface area contributed by atoms with Gasteiger partial charge in [-0.1, -0.05) is 0 Å². The number of hydrogen-bond donors (Lipinski definition) is 2. The fourth-order valence-corrected chi connectivity index (χ4v) is 1.88. The standard InChI is InChI=1S/C12H13N3O4/c16-9-2-1-8(7-10(9)17)11-13-12(14-19-11)15-3-5-18-6-4-15/h1-2,7,16-17H,3-6H2. The third-order valence-electron chi connectivity index (χ3n) is 2.93. The van der Waals surface area contributed by atoms with Crippen molar-refractivity contribution in [2.24, 2.45) is 0 Å². The zero-order valence-electron chi connectivity index (χ0n) is 10.1. The first-order valence-corrected chi connectivity index (χ1v) is 5.93. The number of aromatic nitrogens is 2. The number of ether oxygens (including phenoxy) is 1. The van der Waals surface area contributed by atoms with E-state index in [0.29, 0.717) is 30.6 Å². The third-order valence-corrected chi connectivity index (χ3v) is 2.93. The van der Waals surface area contributed by atoms with E-state index >= 15 is 0 Å². The molecule has 3 rings (SSSR count). The summed E-state index contributed by atoms with van der Waals surface area (Å²) in [6.07, 6.45) is 0. The van der Waals surface area contributed by atoms with E-state index in [1.54, 1.807) is 6.07 Å². The summed E-state index contributed by atoms with van der Waals surface area (Å²) in [6, 6.07) is 4.36. The largest absolute Gasteiger partial charge is 0.504 e. The fourth-order valence-electron chi connectivity index (χ4n) is 1.88. The highest BCUT2D eigenvalue weighted by molar-refractivity contribution is 5.60. The smallest absolute Gasteiger partial charge is 0.266 e. The van der Waals surface area contributed by atoms with Gasteiger partial charge in [-0.15, -0.1) is 0 Å². The monoisotopic (exact) mass is 263 g/mol. The van der Waals surface area contributed by atoms with Gasteiger partial charge in [0.25, 0.3) is 11.8 Å². The molecule has 0 bridgehead atoms. The van der Waals surface area contributed by atoms with Crippen LogP contribution >= 0.6 is 0 Å². The summed E-state index contributed by atoms with van der Waals surface area (Å²) in [5.41, 5.74) is 0.558. The second-order valence-corrected chi connectivity index (χ2v) is 4.20. The summed E-state index contributed by atoms with van der Waals surface area (Å²) >= 11 is 0. The zero-order chi connectivity index (χ0) is 13.2. The first-order valence-electron chi connectivity index (χ1n) is 5.93. The molecule has 2 heterocycles. The Morgan fingerprint density at radius 1 is 1.11 bits per heavy atom. The molecule has 19 heavy (non-hydrogen) atoms. The van der Waals surface area contributed by atoms with Crippen LogP contribution in [0.2, 0.25) is 0 Å². The number of benzene rings is 1. The molecule has 2 aromatic rings. The van der Waals surface area contributed by atoms with E-state index in [-0.39, 0.29) is 11.5 Å². The number of phenolic OH excluding ortho intramolecular Hbond substituents is 2. The molecule has 7 nitrogen and oxygen atoms in total. The zero-order valence-corrected chi connectivity index (χ0v) is 10.1. The summed E-state index contributed by atoms with van der Waals surface area (Å²) in [7, 11) is 0. The van der Waals surface area contributed by atoms with E-state index in [4.69, 9.17) is 9.26 Å². The van der Waals surface area contributed by atoms with Crippen LogP contribution in [0.5, 0.6) is 11.5 Å². The molecule has 7 heteroatoms. The molecule has 0 unspecified atom stereocenters. The molecule has 100 valence electrons. The van der Waals surface area contributed by atoms with Gasteiger partial charge in [0.15, 0.2) is 11.5 Å². The van der Waals surface area contributed by atoms with Crippen molar-refractivity contribution in [2.45, 2.75) is 0 Å². The average molecular weight is 263 g/mol. The Morgan fingerprint density at radius 2 is 1.89 bits per heavy atom. The van der Waals surface area contributed by atoms with Gasteiger partial charge in [0.05, 0.1) is 13.2 Å². The molecule has 0 atom stereocenters. The SMILES string of the molecule is Oc1ccc(-c2nc(N3CCOCC3)no2)cc1O. The van der Waals surface area contributed by atoms with Crippen molar-refractivity contribution in [1.29, 1.82) is 0 Å². The quantitative estimate of drug-likeness (QED) is 0.780. The molecule has 1 saturated heterocycles. The van der Waals surface area contributed by atoms with Gasteiger partial charge < -0.3 is 24.4 Å². The number of morpholine rings is 1. The first-order chi connectivity index (χ1) is 9.24. The van der Waals surface area contributed by atoms with Crippen LogP contribution in [-0.2, 0) is 4.74 Å². The van der Waals surface area contributed by atoms with E-state index in [1.807, 2.05) is 4.90 Å². The number of anilines is 1. The number of hydrogen-bond acceptors (Lipinski definition) is 7. The Labute approximate surface area is 109 Å². The molecule has 0 saturated carbocycles. The van der Waals surface area contributed by atoms with E-state index in [2.05, 4.69) is 10.1 Å². The molecule has 1 aromatic carbocycles.